The third kappa shape index (κ3) is 4.52. The molecule has 4 rings (SSSR count). The molecule has 1 aliphatic carbocycles. The fourth-order valence-corrected chi connectivity index (χ4v) is 4.15. The van der Waals surface area contributed by atoms with Crippen molar-refractivity contribution in [1.82, 2.24) is 15.0 Å². The van der Waals surface area contributed by atoms with Gasteiger partial charge in [0.2, 0.25) is 5.91 Å². The molecule has 3 aromatic rings. The number of carbonyl (C=O) groups is 1. The van der Waals surface area contributed by atoms with Gasteiger partial charge in [-0.15, -0.1) is 5.10 Å². The summed E-state index contributed by atoms with van der Waals surface area (Å²) in [5.74, 6) is 1.45. The summed E-state index contributed by atoms with van der Waals surface area (Å²) in [6.45, 7) is 0.528. The minimum Gasteiger partial charge on any atom is -0.493 e. The van der Waals surface area contributed by atoms with Crippen LogP contribution in [0.1, 0.15) is 25.7 Å². The molecule has 0 unspecified atom stereocenters. The zero-order chi connectivity index (χ0) is 21.8. The van der Waals surface area contributed by atoms with Gasteiger partial charge in [0.25, 0.3) is 5.56 Å². The van der Waals surface area contributed by atoms with Gasteiger partial charge in [0.15, 0.2) is 11.5 Å². The van der Waals surface area contributed by atoms with Crippen molar-refractivity contribution < 1.29 is 14.3 Å². The Morgan fingerprint density at radius 3 is 2.55 bits per heavy atom. The monoisotopic (exact) mass is 422 g/mol. The molecule has 1 heterocycles. The van der Waals surface area contributed by atoms with Gasteiger partial charge in [-0.25, -0.2) is 4.68 Å². The first-order valence-electron chi connectivity index (χ1n) is 10.4. The van der Waals surface area contributed by atoms with E-state index in [4.69, 9.17) is 9.47 Å². The third-order valence-corrected chi connectivity index (χ3v) is 5.93. The van der Waals surface area contributed by atoms with Gasteiger partial charge in [0.05, 0.1) is 19.6 Å². The zero-order valence-corrected chi connectivity index (χ0v) is 17.7. The number of benzene rings is 2. The number of hydrogen-bond acceptors (Lipinski definition) is 6. The van der Waals surface area contributed by atoms with E-state index >= 15 is 0 Å². The van der Waals surface area contributed by atoms with Crippen molar-refractivity contribution in [2.24, 2.45) is 11.8 Å². The lowest BCUT2D eigenvalue weighted by Crippen LogP contribution is -2.32. The van der Waals surface area contributed by atoms with E-state index < -0.39 is 0 Å². The Morgan fingerprint density at radius 1 is 1.06 bits per heavy atom. The van der Waals surface area contributed by atoms with Crippen LogP contribution in [0.2, 0.25) is 0 Å². The van der Waals surface area contributed by atoms with Crippen molar-refractivity contribution in [2.75, 3.05) is 19.5 Å². The second-order valence-corrected chi connectivity index (χ2v) is 7.87. The summed E-state index contributed by atoms with van der Waals surface area (Å²) in [5.41, 5.74) is 1.18. The van der Waals surface area contributed by atoms with E-state index in [9.17, 15) is 9.59 Å². The van der Waals surface area contributed by atoms with Crippen LogP contribution in [0.15, 0.2) is 47.3 Å². The Balaban J connectivity index is 1.35. The van der Waals surface area contributed by atoms with Gasteiger partial charge in [-0.1, -0.05) is 17.3 Å². The molecular formula is C23H26N4O4. The molecule has 31 heavy (non-hydrogen) atoms. The minimum absolute atomic E-state index is 0.00772. The molecule has 1 fully saturated rings. The average molecular weight is 422 g/mol. The number of fused-ring (bicyclic) bond motifs is 1. The van der Waals surface area contributed by atoms with E-state index in [0.717, 1.165) is 25.7 Å². The fraction of sp³-hybridized carbons (Fsp3) is 0.391. The van der Waals surface area contributed by atoms with Crippen molar-refractivity contribution in [2.45, 2.75) is 32.2 Å². The fourth-order valence-electron chi connectivity index (χ4n) is 4.15. The maximum absolute atomic E-state index is 12.7. The van der Waals surface area contributed by atoms with Crippen LogP contribution in [-0.2, 0) is 11.3 Å². The Hall–Kier alpha value is -3.42. The molecule has 0 atom stereocenters. The highest BCUT2D eigenvalue weighted by atomic mass is 16.5. The quantitative estimate of drug-likeness (QED) is 0.655. The molecule has 1 aromatic heterocycles. The number of ether oxygens (including phenoxy) is 2. The van der Waals surface area contributed by atoms with Gasteiger partial charge in [0, 0.05) is 24.2 Å². The van der Waals surface area contributed by atoms with Gasteiger partial charge >= 0.3 is 0 Å². The maximum atomic E-state index is 12.7. The Bertz CT molecular complexity index is 1140. The first kappa shape index (κ1) is 20.8. The Kier molecular flexibility index (Phi) is 6.16. The number of hydrogen-bond donors (Lipinski definition) is 1. The third-order valence-electron chi connectivity index (χ3n) is 5.93. The van der Waals surface area contributed by atoms with Crippen LogP contribution >= 0.6 is 0 Å². The molecule has 0 bridgehead atoms. The van der Waals surface area contributed by atoms with E-state index in [-0.39, 0.29) is 17.4 Å². The SMILES string of the molecule is COc1ccc(NC(=O)C2CCC(Cn3nnc4ccccc4c3=O)CC2)cc1OC. The highest BCUT2D eigenvalue weighted by molar-refractivity contribution is 5.93. The first-order valence-corrected chi connectivity index (χ1v) is 10.4. The number of amides is 1. The molecule has 0 aliphatic heterocycles. The number of nitrogens with zero attached hydrogens (tertiary/aromatic N) is 3. The van der Waals surface area contributed by atoms with Gasteiger partial charge in [-0.05, 0) is 55.9 Å². The van der Waals surface area contributed by atoms with Crippen LogP contribution in [0.5, 0.6) is 11.5 Å². The van der Waals surface area contributed by atoms with Crippen molar-refractivity contribution in [1.29, 1.82) is 0 Å². The molecule has 8 heteroatoms. The predicted octanol–water partition coefficient (Wildman–Crippen LogP) is 3.25. The molecule has 1 N–H and O–H groups in total. The number of rotatable bonds is 6. The molecule has 8 nitrogen and oxygen atoms in total. The minimum atomic E-state index is -0.112. The number of methoxy groups -OCH3 is 2. The van der Waals surface area contributed by atoms with Crippen molar-refractivity contribution in [3.05, 3.63) is 52.8 Å². The standard InChI is InChI=1S/C23H26N4O4/c1-30-20-12-11-17(13-21(20)31-2)24-22(28)16-9-7-15(8-10-16)14-27-23(29)18-5-3-4-6-19(18)25-26-27/h3-6,11-13,15-16H,7-10,14H2,1-2H3,(H,24,28). The molecule has 0 saturated heterocycles. The molecular weight excluding hydrogens is 396 g/mol. The number of carbonyl (C=O) groups excluding carboxylic acids is 1. The predicted molar refractivity (Wildman–Crippen MR) is 117 cm³/mol. The Labute approximate surface area is 180 Å². The molecule has 1 amide bonds. The Morgan fingerprint density at radius 2 is 1.81 bits per heavy atom. The van der Waals surface area contributed by atoms with E-state index in [1.807, 2.05) is 12.1 Å². The lowest BCUT2D eigenvalue weighted by molar-refractivity contribution is -0.121. The van der Waals surface area contributed by atoms with Crippen LogP contribution in [0.25, 0.3) is 10.9 Å². The lowest BCUT2D eigenvalue weighted by atomic mass is 9.81. The van der Waals surface area contributed by atoms with Crippen LogP contribution in [0, 0.1) is 11.8 Å². The number of nitrogens with one attached hydrogen (secondary N) is 1. The van der Waals surface area contributed by atoms with Crippen LogP contribution in [0.4, 0.5) is 5.69 Å². The highest BCUT2D eigenvalue weighted by Gasteiger charge is 2.27. The van der Waals surface area contributed by atoms with Crippen molar-refractivity contribution in [3.8, 4) is 11.5 Å². The van der Waals surface area contributed by atoms with Crippen molar-refractivity contribution in [3.63, 3.8) is 0 Å². The average Bonchev–Trinajstić information content (AvgIpc) is 2.81. The number of aromatic nitrogens is 3. The van der Waals surface area contributed by atoms with Gasteiger partial charge in [-0.3, -0.25) is 9.59 Å². The molecule has 1 saturated carbocycles. The summed E-state index contributed by atoms with van der Waals surface area (Å²) in [5, 5.41) is 11.8. The summed E-state index contributed by atoms with van der Waals surface area (Å²) in [7, 11) is 3.14. The van der Waals surface area contributed by atoms with Gasteiger partial charge in [-0.2, -0.15) is 0 Å². The lowest BCUT2D eigenvalue weighted by Gasteiger charge is -2.27. The van der Waals surface area contributed by atoms with Gasteiger partial charge in [0.1, 0.15) is 5.52 Å². The molecule has 0 spiro atoms. The molecule has 2 aromatic carbocycles. The van der Waals surface area contributed by atoms with Crippen LogP contribution in [0.3, 0.4) is 0 Å². The van der Waals surface area contributed by atoms with E-state index in [1.54, 1.807) is 44.6 Å². The number of anilines is 1. The smallest absolute Gasteiger partial charge is 0.277 e. The zero-order valence-electron chi connectivity index (χ0n) is 17.7. The molecule has 0 radical (unpaired) electrons. The summed E-state index contributed by atoms with van der Waals surface area (Å²) < 4.78 is 12.0. The summed E-state index contributed by atoms with van der Waals surface area (Å²) in [6.07, 6.45) is 3.29. The van der Waals surface area contributed by atoms with Crippen LogP contribution in [-0.4, -0.2) is 35.1 Å². The van der Waals surface area contributed by atoms with Gasteiger partial charge < -0.3 is 14.8 Å². The summed E-state index contributed by atoms with van der Waals surface area (Å²) >= 11 is 0. The highest BCUT2D eigenvalue weighted by Crippen LogP contribution is 2.32. The summed E-state index contributed by atoms with van der Waals surface area (Å²) in [6, 6.07) is 12.6. The summed E-state index contributed by atoms with van der Waals surface area (Å²) in [4.78, 5) is 25.4. The van der Waals surface area contributed by atoms with Crippen molar-refractivity contribution >= 4 is 22.5 Å². The van der Waals surface area contributed by atoms with E-state index in [2.05, 4.69) is 15.6 Å². The second-order valence-electron chi connectivity index (χ2n) is 7.87. The van der Waals surface area contributed by atoms with Crippen LogP contribution < -0.4 is 20.3 Å². The van der Waals surface area contributed by atoms with E-state index in [0.29, 0.717) is 40.6 Å². The molecule has 1 aliphatic rings. The maximum Gasteiger partial charge on any atom is 0.277 e. The normalized spacial score (nSPS) is 18.5. The molecule has 162 valence electrons. The first-order chi connectivity index (χ1) is 15.1. The van der Waals surface area contributed by atoms with E-state index in [1.165, 1.54) is 4.68 Å². The topological polar surface area (TPSA) is 95.3 Å². The second kappa shape index (κ2) is 9.16. The largest absolute Gasteiger partial charge is 0.493 e.